The number of hydrogen-bond donors (Lipinski definition) is 1. The zero-order valence-corrected chi connectivity index (χ0v) is 17.3. The van der Waals surface area contributed by atoms with Gasteiger partial charge in [0, 0.05) is 28.8 Å². The van der Waals surface area contributed by atoms with E-state index < -0.39 is 5.63 Å². The van der Waals surface area contributed by atoms with Crippen LogP contribution in [0.1, 0.15) is 23.1 Å². The number of nitrogens with zero attached hydrogens (tertiary/aromatic N) is 1. The summed E-state index contributed by atoms with van der Waals surface area (Å²) in [5, 5.41) is 5.23. The highest BCUT2D eigenvalue weighted by Gasteiger charge is 2.16. The summed E-state index contributed by atoms with van der Waals surface area (Å²) < 4.78 is 12.0. The molecule has 7 heteroatoms. The standard InChI is InChI=1S/C23H18N2O4S/c1-12-11-28-18-10-19-16(9-15(12)18)13(2)14(22(27)29-19)7-8-21(26)25-23-24-17-5-3-4-6-20(17)30-23/h3-6,9-11H,7-8H2,1-2H3,(H,24,25,26). The number of thiazole rings is 1. The molecule has 0 saturated carbocycles. The predicted molar refractivity (Wildman–Crippen MR) is 118 cm³/mol. The van der Waals surface area contributed by atoms with E-state index in [-0.39, 0.29) is 12.3 Å². The number of amides is 1. The molecule has 3 aromatic heterocycles. The van der Waals surface area contributed by atoms with Gasteiger partial charge in [-0.1, -0.05) is 23.5 Å². The number of furan rings is 1. The van der Waals surface area contributed by atoms with E-state index >= 15 is 0 Å². The van der Waals surface area contributed by atoms with E-state index in [1.165, 1.54) is 11.3 Å². The molecule has 1 N–H and O–H groups in total. The monoisotopic (exact) mass is 418 g/mol. The molecule has 30 heavy (non-hydrogen) atoms. The summed E-state index contributed by atoms with van der Waals surface area (Å²) in [4.78, 5) is 29.4. The number of para-hydroxylation sites is 1. The largest absolute Gasteiger partial charge is 0.464 e. The van der Waals surface area contributed by atoms with Crippen LogP contribution in [0.5, 0.6) is 0 Å². The fraction of sp³-hybridized carbons (Fsp3) is 0.174. The van der Waals surface area contributed by atoms with Crippen LogP contribution in [0.3, 0.4) is 0 Å². The Balaban J connectivity index is 1.40. The van der Waals surface area contributed by atoms with Gasteiger partial charge >= 0.3 is 5.63 Å². The summed E-state index contributed by atoms with van der Waals surface area (Å²) in [6.45, 7) is 3.86. The van der Waals surface area contributed by atoms with Gasteiger partial charge in [0.15, 0.2) is 5.13 Å². The molecule has 0 saturated heterocycles. The molecule has 0 fully saturated rings. The second-order valence-electron chi connectivity index (χ2n) is 7.29. The number of aryl methyl sites for hydroxylation is 2. The third-order valence-electron chi connectivity index (χ3n) is 5.32. The second kappa shape index (κ2) is 7.11. The maximum atomic E-state index is 12.5. The Morgan fingerprint density at radius 2 is 1.97 bits per heavy atom. The van der Waals surface area contributed by atoms with E-state index in [1.54, 1.807) is 12.3 Å². The van der Waals surface area contributed by atoms with Crippen molar-refractivity contribution < 1.29 is 13.6 Å². The summed E-state index contributed by atoms with van der Waals surface area (Å²) in [5.41, 5.74) is 3.97. The molecule has 150 valence electrons. The van der Waals surface area contributed by atoms with Gasteiger partial charge in [-0.2, -0.15) is 0 Å². The highest BCUT2D eigenvalue weighted by atomic mass is 32.1. The van der Waals surface area contributed by atoms with Crippen LogP contribution < -0.4 is 10.9 Å². The van der Waals surface area contributed by atoms with Gasteiger partial charge in [0.05, 0.1) is 16.5 Å². The lowest BCUT2D eigenvalue weighted by Gasteiger charge is -2.08. The highest BCUT2D eigenvalue weighted by molar-refractivity contribution is 7.22. The molecule has 0 aliphatic rings. The number of aromatic nitrogens is 1. The van der Waals surface area contributed by atoms with Gasteiger partial charge in [-0.05, 0) is 49.6 Å². The van der Waals surface area contributed by atoms with Crippen molar-refractivity contribution in [3.63, 3.8) is 0 Å². The Labute approximate surface area is 175 Å². The fourth-order valence-electron chi connectivity index (χ4n) is 3.67. The predicted octanol–water partition coefficient (Wildman–Crippen LogP) is 5.34. The van der Waals surface area contributed by atoms with E-state index in [1.807, 2.05) is 44.2 Å². The first-order chi connectivity index (χ1) is 14.5. The topological polar surface area (TPSA) is 85.3 Å². The van der Waals surface area contributed by atoms with Gasteiger partial charge in [0.1, 0.15) is 11.2 Å². The molecule has 0 aliphatic carbocycles. The third-order valence-corrected chi connectivity index (χ3v) is 6.27. The SMILES string of the molecule is Cc1coc2cc3oc(=O)c(CCC(=O)Nc4nc5ccccc5s4)c(C)c3cc12. The Morgan fingerprint density at radius 1 is 1.13 bits per heavy atom. The van der Waals surface area contributed by atoms with Crippen LogP contribution in [0.2, 0.25) is 0 Å². The maximum absolute atomic E-state index is 12.5. The lowest BCUT2D eigenvalue weighted by Crippen LogP contribution is -2.16. The van der Waals surface area contributed by atoms with Crippen molar-refractivity contribution in [2.24, 2.45) is 0 Å². The number of fused-ring (bicyclic) bond motifs is 3. The minimum atomic E-state index is -0.421. The lowest BCUT2D eigenvalue weighted by molar-refractivity contribution is -0.116. The van der Waals surface area contributed by atoms with Crippen molar-refractivity contribution in [1.82, 2.24) is 4.98 Å². The van der Waals surface area contributed by atoms with Gasteiger partial charge in [-0.25, -0.2) is 9.78 Å². The van der Waals surface area contributed by atoms with Gasteiger partial charge in [-0.15, -0.1) is 0 Å². The minimum absolute atomic E-state index is 0.167. The molecule has 1 amide bonds. The molecular formula is C23H18N2O4S. The summed E-state index contributed by atoms with van der Waals surface area (Å²) in [5.74, 6) is -0.186. The normalized spacial score (nSPS) is 11.5. The molecule has 2 aromatic carbocycles. The first-order valence-electron chi connectivity index (χ1n) is 9.59. The van der Waals surface area contributed by atoms with Gasteiger partial charge in [0.25, 0.3) is 0 Å². The average molecular weight is 418 g/mol. The van der Waals surface area contributed by atoms with Gasteiger partial charge < -0.3 is 14.2 Å². The zero-order chi connectivity index (χ0) is 20.8. The Bertz CT molecular complexity index is 1460. The Hall–Kier alpha value is -3.45. The number of anilines is 1. The molecular weight excluding hydrogens is 400 g/mol. The van der Waals surface area contributed by atoms with Crippen molar-refractivity contribution in [2.45, 2.75) is 26.7 Å². The quantitative estimate of drug-likeness (QED) is 0.398. The van der Waals surface area contributed by atoms with Crippen LogP contribution in [0.15, 0.2) is 56.3 Å². The molecule has 0 aliphatic heterocycles. The number of nitrogens with one attached hydrogen (secondary N) is 1. The van der Waals surface area contributed by atoms with Crippen LogP contribution in [0.4, 0.5) is 5.13 Å². The molecule has 6 nitrogen and oxygen atoms in total. The molecule has 3 heterocycles. The van der Waals surface area contributed by atoms with Crippen molar-refractivity contribution >= 4 is 54.5 Å². The van der Waals surface area contributed by atoms with E-state index in [0.29, 0.717) is 28.3 Å². The number of carbonyl (C=O) groups excluding carboxylic acids is 1. The molecule has 5 aromatic rings. The molecule has 0 atom stereocenters. The molecule has 0 bridgehead atoms. The molecule has 0 radical (unpaired) electrons. The van der Waals surface area contributed by atoms with Crippen LogP contribution in [-0.4, -0.2) is 10.9 Å². The second-order valence-corrected chi connectivity index (χ2v) is 8.32. The van der Waals surface area contributed by atoms with Crippen molar-refractivity contribution in [3.8, 4) is 0 Å². The highest BCUT2D eigenvalue weighted by Crippen LogP contribution is 2.29. The van der Waals surface area contributed by atoms with Gasteiger partial charge in [0.2, 0.25) is 5.91 Å². The van der Waals surface area contributed by atoms with E-state index in [0.717, 1.165) is 32.1 Å². The number of carbonyl (C=O) groups is 1. The maximum Gasteiger partial charge on any atom is 0.339 e. The van der Waals surface area contributed by atoms with E-state index in [4.69, 9.17) is 8.83 Å². The first kappa shape index (κ1) is 18.6. The first-order valence-corrected chi connectivity index (χ1v) is 10.4. The Kier molecular flexibility index (Phi) is 4.40. The lowest BCUT2D eigenvalue weighted by atomic mass is 10.0. The number of rotatable bonds is 4. The van der Waals surface area contributed by atoms with Crippen LogP contribution in [-0.2, 0) is 11.2 Å². The van der Waals surface area contributed by atoms with Crippen LogP contribution in [0.25, 0.3) is 32.2 Å². The number of benzene rings is 2. The fourth-order valence-corrected chi connectivity index (χ4v) is 4.55. The van der Waals surface area contributed by atoms with Crippen molar-refractivity contribution in [3.05, 3.63) is 69.8 Å². The van der Waals surface area contributed by atoms with Crippen molar-refractivity contribution in [2.75, 3.05) is 5.32 Å². The number of hydrogen-bond acceptors (Lipinski definition) is 6. The van der Waals surface area contributed by atoms with Crippen LogP contribution >= 0.6 is 11.3 Å². The van der Waals surface area contributed by atoms with Crippen LogP contribution in [0, 0.1) is 13.8 Å². The zero-order valence-electron chi connectivity index (χ0n) is 16.4. The molecule has 5 rings (SSSR count). The molecule has 0 unspecified atom stereocenters. The summed E-state index contributed by atoms with van der Waals surface area (Å²) in [6, 6.07) is 11.4. The minimum Gasteiger partial charge on any atom is -0.464 e. The van der Waals surface area contributed by atoms with E-state index in [2.05, 4.69) is 10.3 Å². The summed E-state index contributed by atoms with van der Waals surface area (Å²) in [7, 11) is 0. The smallest absolute Gasteiger partial charge is 0.339 e. The summed E-state index contributed by atoms with van der Waals surface area (Å²) >= 11 is 1.43. The third kappa shape index (κ3) is 3.17. The Morgan fingerprint density at radius 3 is 2.80 bits per heavy atom. The van der Waals surface area contributed by atoms with Gasteiger partial charge in [-0.3, -0.25) is 4.79 Å². The summed E-state index contributed by atoms with van der Waals surface area (Å²) in [6.07, 6.45) is 2.15. The molecule has 0 spiro atoms. The van der Waals surface area contributed by atoms with Crippen molar-refractivity contribution in [1.29, 1.82) is 0 Å². The average Bonchev–Trinajstić information content (AvgIpc) is 3.29. The van der Waals surface area contributed by atoms with E-state index in [9.17, 15) is 9.59 Å².